The van der Waals surface area contributed by atoms with Crippen molar-refractivity contribution < 1.29 is 0 Å². The molecule has 0 radical (unpaired) electrons. The van der Waals surface area contributed by atoms with E-state index in [1.807, 2.05) is 6.07 Å². The number of alkyl halides is 1. The topological polar surface area (TPSA) is 6.48 Å². The lowest BCUT2D eigenvalue weighted by Gasteiger charge is -2.28. The van der Waals surface area contributed by atoms with E-state index in [0.717, 1.165) is 0 Å². The van der Waals surface area contributed by atoms with Crippen molar-refractivity contribution in [3.63, 3.8) is 0 Å². The van der Waals surface area contributed by atoms with Gasteiger partial charge in [-0.15, -0.1) is 0 Å². The fourth-order valence-electron chi connectivity index (χ4n) is 2.09. The molecule has 96 valence electrons. The summed E-state index contributed by atoms with van der Waals surface area (Å²) in [5.74, 6) is 0. The van der Waals surface area contributed by atoms with Crippen LogP contribution in [0, 0.1) is 3.57 Å². The molecule has 0 aliphatic carbocycles. The van der Waals surface area contributed by atoms with Crippen LogP contribution in [0.4, 0.5) is 11.4 Å². The van der Waals surface area contributed by atoms with Gasteiger partial charge < -0.3 is 9.80 Å². The number of hydrogen-bond donors (Lipinski definition) is 0. The van der Waals surface area contributed by atoms with Crippen LogP contribution < -0.4 is 9.80 Å². The number of halogens is 2. The predicted molar refractivity (Wildman–Crippen MR) is 97.5 cm³/mol. The van der Waals surface area contributed by atoms with Crippen molar-refractivity contribution in [3.05, 3.63) is 70.6 Å². The van der Waals surface area contributed by atoms with Crippen LogP contribution in [0.5, 0.6) is 0 Å². The van der Waals surface area contributed by atoms with E-state index in [4.69, 9.17) is 0 Å². The Hall–Kier alpha value is -0.760. The van der Waals surface area contributed by atoms with Gasteiger partial charge in [0.15, 0.2) is 4.17 Å². The normalized spacial score (nSPS) is 18.1. The average molecular weight is 474 g/mol. The van der Waals surface area contributed by atoms with Crippen molar-refractivity contribution in [2.24, 2.45) is 0 Å². The summed E-state index contributed by atoms with van der Waals surface area (Å²) in [5, 5.41) is 0. The van der Waals surface area contributed by atoms with Gasteiger partial charge in [-0.3, -0.25) is 0 Å². The van der Waals surface area contributed by atoms with Crippen LogP contribution in [0.2, 0.25) is 0 Å². The Morgan fingerprint density at radius 2 is 1.42 bits per heavy atom. The standard InChI is InChI=1S/C15H12I2N2/c16-13-8-4-5-9-14(13)19-11-10-18(15(19)17)12-6-2-1-3-7-12/h1-11,15H. The van der Waals surface area contributed by atoms with Crippen molar-refractivity contribution >= 4 is 56.6 Å². The molecule has 0 amide bonds. The first kappa shape index (κ1) is 13.2. The van der Waals surface area contributed by atoms with Gasteiger partial charge in [-0.1, -0.05) is 30.3 Å². The van der Waals surface area contributed by atoms with Gasteiger partial charge in [-0.2, -0.15) is 0 Å². The van der Waals surface area contributed by atoms with Gasteiger partial charge in [0.25, 0.3) is 0 Å². The first-order chi connectivity index (χ1) is 9.27. The lowest BCUT2D eigenvalue weighted by atomic mass is 10.3. The molecule has 3 rings (SSSR count). The number of nitrogens with zero attached hydrogens (tertiary/aromatic N) is 2. The summed E-state index contributed by atoms with van der Waals surface area (Å²) in [6.45, 7) is 0. The molecule has 1 atom stereocenters. The molecule has 2 aromatic carbocycles. The fourth-order valence-corrected chi connectivity index (χ4v) is 3.74. The van der Waals surface area contributed by atoms with E-state index in [-0.39, 0.29) is 4.17 Å². The molecule has 0 aromatic heterocycles. The Labute approximate surface area is 140 Å². The third-order valence-electron chi connectivity index (χ3n) is 3.03. The number of para-hydroxylation sites is 2. The maximum Gasteiger partial charge on any atom is 0.163 e. The summed E-state index contributed by atoms with van der Waals surface area (Å²) in [6, 6.07) is 18.9. The molecule has 4 heteroatoms. The molecule has 19 heavy (non-hydrogen) atoms. The molecule has 2 nitrogen and oxygen atoms in total. The second-order valence-electron chi connectivity index (χ2n) is 4.21. The van der Waals surface area contributed by atoms with Gasteiger partial charge in [0, 0.05) is 21.7 Å². The number of rotatable bonds is 2. The van der Waals surface area contributed by atoms with Crippen molar-refractivity contribution in [1.29, 1.82) is 0 Å². The summed E-state index contributed by atoms with van der Waals surface area (Å²) >= 11 is 4.85. The maximum absolute atomic E-state index is 2.47. The largest absolute Gasteiger partial charge is 0.317 e. The third kappa shape index (κ3) is 2.60. The van der Waals surface area contributed by atoms with Gasteiger partial charge in [-0.25, -0.2) is 0 Å². The van der Waals surface area contributed by atoms with E-state index in [9.17, 15) is 0 Å². The molecular formula is C15H12I2N2. The smallest absolute Gasteiger partial charge is 0.163 e. The quantitative estimate of drug-likeness (QED) is 0.351. The van der Waals surface area contributed by atoms with Crippen LogP contribution in [0.25, 0.3) is 0 Å². The van der Waals surface area contributed by atoms with E-state index < -0.39 is 0 Å². The minimum absolute atomic E-state index is 0.260. The summed E-state index contributed by atoms with van der Waals surface area (Å²) in [4.78, 5) is 4.55. The van der Waals surface area contributed by atoms with E-state index in [1.54, 1.807) is 0 Å². The predicted octanol–water partition coefficient (Wildman–Crippen LogP) is 4.81. The molecule has 0 bridgehead atoms. The van der Waals surface area contributed by atoms with Gasteiger partial charge in [0.1, 0.15) is 0 Å². The highest BCUT2D eigenvalue weighted by Crippen LogP contribution is 2.34. The number of hydrogen-bond acceptors (Lipinski definition) is 2. The van der Waals surface area contributed by atoms with Gasteiger partial charge >= 0.3 is 0 Å². The Bertz CT molecular complexity index is 598. The lowest BCUT2D eigenvalue weighted by molar-refractivity contribution is 0.940. The molecule has 0 saturated heterocycles. The highest BCUT2D eigenvalue weighted by atomic mass is 127. The number of anilines is 2. The minimum atomic E-state index is 0.260. The molecular weight excluding hydrogens is 462 g/mol. The van der Waals surface area contributed by atoms with E-state index >= 15 is 0 Å². The Morgan fingerprint density at radius 1 is 0.789 bits per heavy atom. The first-order valence-corrected chi connectivity index (χ1v) is 8.28. The average Bonchev–Trinajstić information content (AvgIpc) is 2.82. The molecule has 0 spiro atoms. The molecule has 0 fully saturated rings. The van der Waals surface area contributed by atoms with Gasteiger partial charge in [0.05, 0.1) is 5.69 Å². The van der Waals surface area contributed by atoms with Crippen LogP contribution in [-0.4, -0.2) is 4.17 Å². The Kier molecular flexibility index (Phi) is 3.97. The van der Waals surface area contributed by atoms with E-state index in [1.165, 1.54) is 14.9 Å². The second-order valence-corrected chi connectivity index (χ2v) is 6.49. The van der Waals surface area contributed by atoms with Crippen LogP contribution in [0.1, 0.15) is 0 Å². The van der Waals surface area contributed by atoms with Crippen molar-refractivity contribution in [3.8, 4) is 0 Å². The van der Waals surface area contributed by atoms with Crippen LogP contribution in [-0.2, 0) is 0 Å². The van der Waals surface area contributed by atoms with E-state index in [2.05, 4.69) is 116 Å². The minimum Gasteiger partial charge on any atom is -0.317 e. The summed E-state index contributed by atoms with van der Waals surface area (Å²) in [7, 11) is 0. The first-order valence-electron chi connectivity index (χ1n) is 5.96. The SMILES string of the molecule is Ic1ccccc1N1C=CN(c2ccccc2)C1I. The summed E-state index contributed by atoms with van der Waals surface area (Å²) in [5.41, 5.74) is 2.46. The summed E-state index contributed by atoms with van der Waals surface area (Å²) in [6.07, 6.45) is 4.27. The molecule has 1 heterocycles. The third-order valence-corrected chi connectivity index (χ3v) is 5.14. The molecule has 0 saturated carbocycles. The molecule has 1 unspecified atom stereocenters. The van der Waals surface area contributed by atoms with Crippen LogP contribution in [0.15, 0.2) is 67.0 Å². The lowest BCUT2D eigenvalue weighted by Crippen LogP contribution is -2.33. The fraction of sp³-hybridized carbons (Fsp3) is 0.0667. The van der Waals surface area contributed by atoms with Gasteiger partial charge in [0.2, 0.25) is 0 Å². The van der Waals surface area contributed by atoms with Gasteiger partial charge in [-0.05, 0) is 69.4 Å². The van der Waals surface area contributed by atoms with Crippen LogP contribution in [0.3, 0.4) is 0 Å². The molecule has 1 aliphatic rings. The monoisotopic (exact) mass is 474 g/mol. The molecule has 0 N–H and O–H groups in total. The molecule has 2 aromatic rings. The maximum atomic E-state index is 2.47. The summed E-state index contributed by atoms with van der Waals surface area (Å²) < 4.78 is 1.53. The van der Waals surface area contributed by atoms with Crippen molar-refractivity contribution in [2.75, 3.05) is 9.80 Å². The Morgan fingerprint density at radius 3 is 2.16 bits per heavy atom. The highest BCUT2D eigenvalue weighted by Gasteiger charge is 2.26. The Balaban J connectivity index is 1.90. The zero-order valence-corrected chi connectivity index (χ0v) is 14.4. The van der Waals surface area contributed by atoms with Crippen molar-refractivity contribution in [1.82, 2.24) is 0 Å². The molecule has 1 aliphatic heterocycles. The zero-order chi connectivity index (χ0) is 13.2. The van der Waals surface area contributed by atoms with Crippen molar-refractivity contribution in [2.45, 2.75) is 4.17 Å². The second kappa shape index (κ2) is 5.70. The van der Waals surface area contributed by atoms with Crippen LogP contribution >= 0.6 is 45.2 Å². The zero-order valence-electron chi connectivity index (χ0n) is 10.1. The number of benzene rings is 2. The highest BCUT2D eigenvalue weighted by molar-refractivity contribution is 14.1. The van der Waals surface area contributed by atoms with E-state index in [0.29, 0.717) is 0 Å².